The number of methoxy groups -OCH3 is 1. The van der Waals surface area contributed by atoms with E-state index in [2.05, 4.69) is 5.32 Å². The van der Waals surface area contributed by atoms with Crippen molar-refractivity contribution >= 4 is 52.3 Å². The van der Waals surface area contributed by atoms with E-state index in [1.807, 2.05) is 30.3 Å². The van der Waals surface area contributed by atoms with Gasteiger partial charge in [-0.1, -0.05) is 53.5 Å². The number of rotatable bonds is 8. The highest BCUT2D eigenvalue weighted by Gasteiger charge is 2.18. The Labute approximate surface area is 218 Å². The zero-order valence-corrected chi connectivity index (χ0v) is 21.1. The second kappa shape index (κ2) is 11.5. The summed E-state index contributed by atoms with van der Waals surface area (Å²) in [4.78, 5) is 27.3. The minimum Gasteiger partial charge on any atom is -0.496 e. The number of hydrogen-bond acceptors (Lipinski definition) is 4. The summed E-state index contributed by atoms with van der Waals surface area (Å²) in [6.45, 7) is 0. The van der Waals surface area contributed by atoms with Crippen LogP contribution in [0.25, 0.3) is 0 Å². The number of thioether (sulfide) groups is 1. The zero-order chi connectivity index (χ0) is 24.8. The summed E-state index contributed by atoms with van der Waals surface area (Å²) in [5.41, 5.74) is 2.55. The molecule has 0 heterocycles. The van der Waals surface area contributed by atoms with Gasteiger partial charge in [0.25, 0.3) is 5.91 Å². The molecular formula is C28H21Cl2NO3S. The number of halogens is 2. The number of nitrogens with one attached hydrogen (secondary N) is 1. The van der Waals surface area contributed by atoms with Gasteiger partial charge in [0.2, 0.25) is 0 Å². The fourth-order valence-electron chi connectivity index (χ4n) is 3.48. The highest BCUT2D eigenvalue weighted by molar-refractivity contribution is 7.98. The Balaban J connectivity index is 1.57. The van der Waals surface area contributed by atoms with Crippen LogP contribution in [-0.2, 0) is 5.75 Å². The highest BCUT2D eigenvalue weighted by Crippen LogP contribution is 2.30. The lowest BCUT2D eigenvalue weighted by Crippen LogP contribution is -2.15. The third kappa shape index (κ3) is 6.25. The molecule has 0 spiro atoms. The van der Waals surface area contributed by atoms with Crippen molar-refractivity contribution in [3.05, 3.63) is 123 Å². The predicted molar refractivity (Wildman–Crippen MR) is 143 cm³/mol. The Morgan fingerprint density at radius 3 is 2.26 bits per heavy atom. The van der Waals surface area contributed by atoms with Crippen LogP contribution < -0.4 is 10.1 Å². The zero-order valence-electron chi connectivity index (χ0n) is 18.8. The molecule has 0 atom stereocenters. The second-order valence-corrected chi connectivity index (χ2v) is 9.53. The topological polar surface area (TPSA) is 55.4 Å². The molecule has 0 fully saturated rings. The Morgan fingerprint density at radius 1 is 0.829 bits per heavy atom. The fraction of sp³-hybridized carbons (Fsp3) is 0.0714. The average Bonchev–Trinajstić information content (AvgIpc) is 2.89. The quantitative estimate of drug-likeness (QED) is 0.190. The van der Waals surface area contributed by atoms with Gasteiger partial charge >= 0.3 is 0 Å². The number of amides is 1. The predicted octanol–water partition coefficient (Wildman–Crippen LogP) is 7.78. The van der Waals surface area contributed by atoms with E-state index in [-0.39, 0.29) is 11.7 Å². The molecule has 4 nitrogen and oxygen atoms in total. The average molecular weight is 522 g/mol. The van der Waals surface area contributed by atoms with Gasteiger partial charge in [-0.15, -0.1) is 11.8 Å². The number of carbonyl (C=O) groups is 2. The van der Waals surface area contributed by atoms with E-state index < -0.39 is 0 Å². The molecule has 1 amide bonds. The van der Waals surface area contributed by atoms with Gasteiger partial charge in [0, 0.05) is 42.9 Å². The van der Waals surface area contributed by atoms with Gasteiger partial charge in [-0.2, -0.15) is 0 Å². The van der Waals surface area contributed by atoms with Crippen LogP contribution in [0.15, 0.2) is 95.9 Å². The smallest absolute Gasteiger partial charge is 0.255 e. The third-order valence-electron chi connectivity index (χ3n) is 5.26. The molecular weight excluding hydrogens is 501 g/mol. The maximum absolute atomic E-state index is 13.2. The van der Waals surface area contributed by atoms with Gasteiger partial charge in [-0.25, -0.2) is 0 Å². The number of carbonyl (C=O) groups excluding carboxylic acids is 2. The van der Waals surface area contributed by atoms with E-state index in [4.69, 9.17) is 27.9 Å². The van der Waals surface area contributed by atoms with E-state index in [1.54, 1.807) is 79.5 Å². The third-order valence-corrected chi connectivity index (χ3v) is 6.81. The first-order chi connectivity index (χ1) is 16.9. The lowest BCUT2D eigenvalue weighted by molar-refractivity contribution is 0.102. The van der Waals surface area contributed by atoms with Gasteiger partial charge in [0.05, 0.1) is 12.8 Å². The lowest BCUT2D eigenvalue weighted by atomic mass is 10.0. The van der Waals surface area contributed by atoms with Crippen LogP contribution in [0.5, 0.6) is 5.75 Å². The Morgan fingerprint density at radius 2 is 1.54 bits per heavy atom. The van der Waals surface area contributed by atoms with Gasteiger partial charge in [-0.3, -0.25) is 9.59 Å². The van der Waals surface area contributed by atoms with E-state index in [1.165, 1.54) is 0 Å². The molecule has 0 radical (unpaired) electrons. The maximum atomic E-state index is 13.2. The fourth-order valence-corrected chi connectivity index (χ4v) is 4.65. The maximum Gasteiger partial charge on any atom is 0.255 e. The summed E-state index contributed by atoms with van der Waals surface area (Å²) < 4.78 is 5.49. The summed E-state index contributed by atoms with van der Waals surface area (Å²) in [6.07, 6.45) is 0. The minimum absolute atomic E-state index is 0.224. The normalized spacial score (nSPS) is 10.6. The number of ether oxygens (including phenoxy) is 1. The lowest BCUT2D eigenvalue weighted by Gasteiger charge is -2.13. The van der Waals surface area contributed by atoms with Gasteiger partial charge in [-0.05, 0) is 60.7 Å². The van der Waals surface area contributed by atoms with Gasteiger partial charge in [0.1, 0.15) is 5.75 Å². The molecule has 4 aromatic rings. The number of benzene rings is 4. The summed E-state index contributed by atoms with van der Waals surface area (Å²) in [5, 5.41) is 3.96. The summed E-state index contributed by atoms with van der Waals surface area (Å²) >= 11 is 13.7. The summed E-state index contributed by atoms with van der Waals surface area (Å²) in [7, 11) is 1.60. The molecule has 35 heavy (non-hydrogen) atoms. The first-order valence-electron chi connectivity index (χ1n) is 10.7. The number of ketones is 1. The van der Waals surface area contributed by atoms with Crippen molar-refractivity contribution in [2.75, 3.05) is 12.4 Å². The molecule has 7 heteroatoms. The van der Waals surface area contributed by atoms with Crippen LogP contribution in [0.4, 0.5) is 5.69 Å². The molecule has 0 aliphatic carbocycles. The van der Waals surface area contributed by atoms with Crippen molar-refractivity contribution in [3.8, 4) is 5.75 Å². The highest BCUT2D eigenvalue weighted by atomic mass is 35.5. The monoisotopic (exact) mass is 521 g/mol. The van der Waals surface area contributed by atoms with Crippen LogP contribution in [0.3, 0.4) is 0 Å². The molecule has 1 N–H and O–H groups in total. The second-order valence-electron chi connectivity index (χ2n) is 7.61. The molecule has 0 aromatic heterocycles. The van der Waals surface area contributed by atoms with Gasteiger partial charge < -0.3 is 10.1 Å². The molecule has 0 saturated carbocycles. The number of anilines is 1. The van der Waals surface area contributed by atoms with Crippen LogP contribution in [-0.4, -0.2) is 18.8 Å². The molecule has 4 aromatic carbocycles. The Bertz CT molecular complexity index is 1360. The molecule has 0 aliphatic heterocycles. The first-order valence-corrected chi connectivity index (χ1v) is 12.4. The molecule has 0 saturated heterocycles. The first kappa shape index (κ1) is 24.9. The summed E-state index contributed by atoms with van der Waals surface area (Å²) in [5.74, 6) is 0.729. The minimum atomic E-state index is -0.338. The Kier molecular flexibility index (Phi) is 8.13. The summed E-state index contributed by atoms with van der Waals surface area (Å²) in [6, 6.07) is 26.5. The largest absolute Gasteiger partial charge is 0.496 e. The molecule has 176 valence electrons. The van der Waals surface area contributed by atoms with Gasteiger partial charge in [0.15, 0.2) is 5.78 Å². The van der Waals surface area contributed by atoms with Crippen LogP contribution in [0.2, 0.25) is 10.0 Å². The molecule has 0 aliphatic rings. The van der Waals surface area contributed by atoms with Crippen LogP contribution >= 0.6 is 35.0 Å². The van der Waals surface area contributed by atoms with Crippen molar-refractivity contribution in [1.82, 2.24) is 0 Å². The van der Waals surface area contributed by atoms with Crippen molar-refractivity contribution in [1.29, 1.82) is 0 Å². The van der Waals surface area contributed by atoms with E-state index >= 15 is 0 Å². The van der Waals surface area contributed by atoms with E-state index in [0.29, 0.717) is 43.9 Å². The van der Waals surface area contributed by atoms with Crippen molar-refractivity contribution in [2.45, 2.75) is 10.6 Å². The van der Waals surface area contributed by atoms with E-state index in [0.717, 1.165) is 10.5 Å². The number of hydrogen-bond donors (Lipinski definition) is 1. The van der Waals surface area contributed by atoms with E-state index in [9.17, 15) is 9.59 Å². The molecule has 4 rings (SSSR count). The molecule has 0 bridgehead atoms. The van der Waals surface area contributed by atoms with Crippen LogP contribution in [0.1, 0.15) is 31.8 Å². The van der Waals surface area contributed by atoms with Crippen molar-refractivity contribution in [3.63, 3.8) is 0 Å². The SMILES string of the molecule is COc1ccc(C(=O)Nc2ccc(Cl)cc2C(=O)c2ccccc2)cc1CSc1ccc(Cl)cc1. The molecule has 0 unspecified atom stereocenters. The van der Waals surface area contributed by atoms with Crippen LogP contribution in [0, 0.1) is 0 Å². The standard InChI is InChI=1S/C28H21Cl2NO3S/c1-34-26-14-7-19(15-20(26)17-35-23-11-8-21(29)9-12-23)28(33)31-25-13-10-22(30)16-24(25)27(32)18-5-3-2-4-6-18/h2-16H,17H2,1H3,(H,31,33). The van der Waals surface area contributed by atoms with Crippen molar-refractivity contribution < 1.29 is 14.3 Å². The van der Waals surface area contributed by atoms with Crippen molar-refractivity contribution in [2.24, 2.45) is 0 Å². The Hall–Kier alpha value is -3.25.